The molecule has 0 fully saturated rings. The van der Waals surface area contributed by atoms with Gasteiger partial charge in [-0.15, -0.1) is 12.4 Å². The van der Waals surface area contributed by atoms with Gasteiger partial charge in [-0.2, -0.15) is 5.10 Å². The average Bonchev–Trinajstić information content (AvgIpc) is 2.65. The Morgan fingerprint density at radius 1 is 1.22 bits per heavy atom. The summed E-state index contributed by atoms with van der Waals surface area (Å²) in [5.41, 5.74) is 3.77. The van der Waals surface area contributed by atoms with Crippen molar-refractivity contribution in [2.24, 2.45) is 7.05 Å². The molecule has 0 unspecified atom stereocenters. The molecule has 1 aromatic heterocycles. The Balaban J connectivity index is 0.00000162. The Kier molecular flexibility index (Phi) is 5.89. The zero-order chi connectivity index (χ0) is 12.1. The standard InChI is InChI=1S/C14H19N3.ClH/c1-12-14(11-17(2)16-12)10-15-9-8-13-6-4-3-5-7-13;/h3-7,11,15H,8-10H2,1-2H3;1H. The zero-order valence-corrected chi connectivity index (χ0v) is 11.7. The molecule has 1 heterocycles. The monoisotopic (exact) mass is 265 g/mol. The Morgan fingerprint density at radius 3 is 2.56 bits per heavy atom. The number of benzene rings is 1. The smallest absolute Gasteiger partial charge is 0.0638 e. The number of nitrogens with one attached hydrogen (secondary N) is 1. The number of aryl methyl sites for hydroxylation is 2. The lowest BCUT2D eigenvalue weighted by molar-refractivity contribution is 0.684. The third-order valence-electron chi connectivity index (χ3n) is 2.86. The second-order valence-corrected chi connectivity index (χ2v) is 4.33. The van der Waals surface area contributed by atoms with Crippen molar-refractivity contribution in [2.75, 3.05) is 6.54 Å². The molecule has 0 bridgehead atoms. The van der Waals surface area contributed by atoms with Gasteiger partial charge in [-0.3, -0.25) is 4.68 Å². The summed E-state index contributed by atoms with van der Waals surface area (Å²) in [4.78, 5) is 0. The highest BCUT2D eigenvalue weighted by Gasteiger charge is 2.01. The molecule has 0 amide bonds. The van der Waals surface area contributed by atoms with Crippen LogP contribution in [0.1, 0.15) is 16.8 Å². The minimum atomic E-state index is 0. The molecule has 4 heteroatoms. The fourth-order valence-corrected chi connectivity index (χ4v) is 1.92. The molecule has 98 valence electrons. The lowest BCUT2D eigenvalue weighted by Gasteiger charge is -2.03. The third-order valence-corrected chi connectivity index (χ3v) is 2.86. The van der Waals surface area contributed by atoms with Crippen molar-refractivity contribution in [1.29, 1.82) is 0 Å². The van der Waals surface area contributed by atoms with Gasteiger partial charge in [0.05, 0.1) is 5.69 Å². The minimum Gasteiger partial charge on any atom is -0.312 e. The van der Waals surface area contributed by atoms with Crippen LogP contribution in [0.3, 0.4) is 0 Å². The van der Waals surface area contributed by atoms with Crippen LogP contribution >= 0.6 is 12.4 Å². The van der Waals surface area contributed by atoms with Crippen molar-refractivity contribution < 1.29 is 0 Å². The van der Waals surface area contributed by atoms with Crippen molar-refractivity contribution in [2.45, 2.75) is 19.9 Å². The van der Waals surface area contributed by atoms with Crippen LogP contribution in [-0.4, -0.2) is 16.3 Å². The van der Waals surface area contributed by atoms with E-state index < -0.39 is 0 Å². The maximum absolute atomic E-state index is 4.32. The molecule has 0 atom stereocenters. The van der Waals surface area contributed by atoms with Crippen LogP contribution in [0.4, 0.5) is 0 Å². The van der Waals surface area contributed by atoms with Crippen LogP contribution in [0.2, 0.25) is 0 Å². The molecule has 0 aliphatic heterocycles. The van der Waals surface area contributed by atoms with Gasteiger partial charge >= 0.3 is 0 Å². The van der Waals surface area contributed by atoms with Gasteiger partial charge in [-0.05, 0) is 25.5 Å². The normalized spacial score (nSPS) is 10.1. The number of hydrogen-bond donors (Lipinski definition) is 1. The van der Waals surface area contributed by atoms with Crippen molar-refractivity contribution in [3.8, 4) is 0 Å². The van der Waals surface area contributed by atoms with E-state index in [1.54, 1.807) is 0 Å². The molecule has 0 aliphatic rings. The Bertz CT molecular complexity index is 465. The summed E-state index contributed by atoms with van der Waals surface area (Å²) in [6.45, 7) is 3.94. The first-order chi connectivity index (χ1) is 8.25. The predicted molar refractivity (Wildman–Crippen MR) is 77.0 cm³/mol. The lowest BCUT2D eigenvalue weighted by atomic mass is 10.1. The highest BCUT2D eigenvalue weighted by atomic mass is 35.5. The molecule has 2 aromatic rings. The van der Waals surface area contributed by atoms with Gasteiger partial charge in [-0.25, -0.2) is 0 Å². The van der Waals surface area contributed by atoms with Crippen LogP contribution in [0.15, 0.2) is 36.5 Å². The van der Waals surface area contributed by atoms with E-state index in [0.29, 0.717) is 0 Å². The van der Waals surface area contributed by atoms with Crippen molar-refractivity contribution in [1.82, 2.24) is 15.1 Å². The molecular weight excluding hydrogens is 246 g/mol. The topological polar surface area (TPSA) is 29.9 Å². The second kappa shape index (κ2) is 7.19. The van der Waals surface area contributed by atoms with E-state index in [-0.39, 0.29) is 12.4 Å². The Hall–Kier alpha value is -1.32. The average molecular weight is 266 g/mol. The number of nitrogens with zero attached hydrogens (tertiary/aromatic N) is 2. The van der Waals surface area contributed by atoms with Crippen molar-refractivity contribution in [3.63, 3.8) is 0 Å². The van der Waals surface area contributed by atoms with Gasteiger partial charge in [0.25, 0.3) is 0 Å². The quantitative estimate of drug-likeness (QED) is 0.842. The Morgan fingerprint density at radius 2 is 1.94 bits per heavy atom. The van der Waals surface area contributed by atoms with E-state index in [2.05, 4.69) is 46.9 Å². The fourth-order valence-electron chi connectivity index (χ4n) is 1.92. The number of halogens is 1. The zero-order valence-electron chi connectivity index (χ0n) is 10.9. The predicted octanol–water partition coefficient (Wildman–Crippen LogP) is 2.48. The molecular formula is C14H20ClN3. The van der Waals surface area contributed by atoms with Crippen LogP contribution in [-0.2, 0) is 20.0 Å². The highest BCUT2D eigenvalue weighted by Crippen LogP contribution is 2.04. The molecule has 18 heavy (non-hydrogen) atoms. The molecule has 1 aromatic carbocycles. The number of rotatable bonds is 5. The van der Waals surface area contributed by atoms with E-state index in [4.69, 9.17) is 0 Å². The first-order valence-electron chi connectivity index (χ1n) is 5.99. The molecule has 0 saturated heterocycles. The van der Waals surface area contributed by atoms with Crippen LogP contribution in [0, 0.1) is 6.92 Å². The molecule has 0 saturated carbocycles. The van der Waals surface area contributed by atoms with Gasteiger partial charge in [0, 0.05) is 25.4 Å². The maximum atomic E-state index is 4.32. The van der Waals surface area contributed by atoms with Gasteiger partial charge in [0.15, 0.2) is 0 Å². The van der Waals surface area contributed by atoms with E-state index in [1.807, 2.05) is 18.7 Å². The van der Waals surface area contributed by atoms with E-state index in [1.165, 1.54) is 11.1 Å². The van der Waals surface area contributed by atoms with Gasteiger partial charge in [-0.1, -0.05) is 30.3 Å². The highest BCUT2D eigenvalue weighted by molar-refractivity contribution is 5.85. The summed E-state index contributed by atoms with van der Waals surface area (Å²) in [6, 6.07) is 10.5. The SMILES string of the molecule is Cc1nn(C)cc1CNCCc1ccccc1.Cl. The molecule has 1 N–H and O–H groups in total. The van der Waals surface area contributed by atoms with Gasteiger partial charge in [0.1, 0.15) is 0 Å². The second-order valence-electron chi connectivity index (χ2n) is 4.33. The number of aromatic nitrogens is 2. The molecule has 0 spiro atoms. The Labute approximate surface area is 115 Å². The van der Waals surface area contributed by atoms with E-state index >= 15 is 0 Å². The van der Waals surface area contributed by atoms with E-state index in [9.17, 15) is 0 Å². The van der Waals surface area contributed by atoms with Crippen LogP contribution < -0.4 is 5.32 Å². The number of hydrogen-bond acceptors (Lipinski definition) is 2. The van der Waals surface area contributed by atoms with Crippen molar-refractivity contribution >= 4 is 12.4 Å². The van der Waals surface area contributed by atoms with Gasteiger partial charge < -0.3 is 5.32 Å². The fraction of sp³-hybridized carbons (Fsp3) is 0.357. The molecule has 0 radical (unpaired) electrons. The maximum Gasteiger partial charge on any atom is 0.0638 e. The summed E-state index contributed by atoms with van der Waals surface area (Å²) in [7, 11) is 1.96. The summed E-state index contributed by atoms with van der Waals surface area (Å²) in [5, 5.41) is 7.78. The first-order valence-corrected chi connectivity index (χ1v) is 5.99. The first kappa shape index (κ1) is 14.7. The summed E-state index contributed by atoms with van der Waals surface area (Å²) < 4.78 is 1.86. The molecule has 0 aliphatic carbocycles. The summed E-state index contributed by atoms with van der Waals surface area (Å²) in [6.07, 6.45) is 3.14. The summed E-state index contributed by atoms with van der Waals surface area (Å²) >= 11 is 0. The van der Waals surface area contributed by atoms with Crippen LogP contribution in [0.25, 0.3) is 0 Å². The molecule has 2 rings (SSSR count). The lowest BCUT2D eigenvalue weighted by Crippen LogP contribution is -2.16. The largest absolute Gasteiger partial charge is 0.312 e. The minimum absolute atomic E-state index is 0. The van der Waals surface area contributed by atoms with Gasteiger partial charge in [0.2, 0.25) is 0 Å². The van der Waals surface area contributed by atoms with Crippen LogP contribution in [0.5, 0.6) is 0 Å². The molecule has 3 nitrogen and oxygen atoms in total. The summed E-state index contributed by atoms with van der Waals surface area (Å²) in [5.74, 6) is 0. The third kappa shape index (κ3) is 4.17. The van der Waals surface area contributed by atoms with Crippen molar-refractivity contribution in [3.05, 3.63) is 53.3 Å². The van der Waals surface area contributed by atoms with E-state index in [0.717, 1.165) is 25.2 Å².